The molecule has 0 spiro atoms. The van der Waals surface area contributed by atoms with E-state index in [0.717, 1.165) is 29.4 Å². The SMILES string of the molecule is CCC(C)(CCCl)Nc1nncc2ccccc12. The van der Waals surface area contributed by atoms with Crippen molar-refractivity contribution in [3.63, 3.8) is 0 Å². The quantitative estimate of drug-likeness (QED) is 0.833. The highest BCUT2D eigenvalue weighted by Crippen LogP contribution is 2.26. The van der Waals surface area contributed by atoms with Crippen molar-refractivity contribution in [1.29, 1.82) is 0 Å². The summed E-state index contributed by atoms with van der Waals surface area (Å²) in [6.07, 6.45) is 3.67. The van der Waals surface area contributed by atoms with Crippen LogP contribution in [0.15, 0.2) is 30.5 Å². The fraction of sp³-hybridized carbons (Fsp3) is 0.429. The van der Waals surface area contributed by atoms with Gasteiger partial charge >= 0.3 is 0 Å². The molecule has 0 aliphatic carbocycles. The fourth-order valence-corrected chi connectivity index (χ4v) is 2.36. The first-order valence-electron chi connectivity index (χ1n) is 6.23. The second-order valence-corrected chi connectivity index (χ2v) is 5.14. The second-order valence-electron chi connectivity index (χ2n) is 4.76. The number of anilines is 1. The Morgan fingerprint density at radius 2 is 2.11 bits per heavy atom. The normalized spacial score (nSPS) is 14.4. The topological polar surface area (TPSA) is 37.8 Å². The number of halogens is 1. The van der Waals surface area contributed by atoms with E-state index >= 15 is 0 Å². The zero-order valence-corrected chi connectivity index (χ0v) is 11.5. The zero-order chi connectivity index (χ0) is 13.0. The van der Waals surface area contributed by atoms with Crippen molar-refractivity contribution in [2.75, 3.05) is 11.2 Å². The van der Waals surface area contributed by atoms with Crippen LogP contribution in [0.5, 0.6) is 0 Å². The van der Waals surface area contributed by atoms with Crippen LogP contribution in [-0.4, -0.2) is 21.6 Å². The maximum absolute atomic E-state index is 5.87. The lowest BCUT2D eigenvalue weighted by atomic mass is 9.95. The lowest BCUT2D eigenvalue weighted by molar-refractivity contribution is 0.479. The van der Waals surface area contributed by atoms with Gasteiger partial charge in [0.15, 0.2) is 5.82 Å². The van der Waals surface area contributed by atoms with Gasteiger partial charge in [0.2, 0.25) is 0 Å². The van der Waals surface area contributed by atoms with Gasteiger partial charge in [0.25, 0.3) is 0 Å². The molecule has 1 N–H and O–H groups in total. The summed E-state index contributed by atoms with van der Waals surface area (Å²) in [6.45, 7) is 4.32. The molecule has 1 unspecified atom stereocenters. The third-order valence-electron chi connectivity index (χ3n) is 3.42. The Balaban J connectivity index is 2.36. The van der Waals surface area contributed by atoms with Gasteiger partial charge in [-0.3, -0.25) is 0 Å². The Hall–Kier alpha value is -1.35. The molecular weight excluding hydrogens is 246 g/mol. The van der Waals surface area contributed by atoms with Crippen LogP contribution < -0.4 is 5.32 Å². The Morgan fingerprint density at radius 3 is 2.83 bits per heavy atom. The number of hydrogen-bond donors (Lipinski definition) is 1. The van der Waals surface area contributed by atoms with Crippen LogP contribution in [0.2, 0.25) is 0 Å². The average Bonchev–Trinajstić information content (AvgIpc) is 2.39. The van der Waals surface area contributed by atoms with Gasteiger partial charge in [-0.2, -0.15) is 5.10 Å². The van der Waals surface area contributed by atoms with E-state index in [0.29, 0.717) is 5.88 Å². The van der Waals surface area contributed by atoms with Gasteiger partial charge in [0, 0.05) is 22.2 Å². The van der Waals surface area contributed by atoms with E-state index in [2.05, 4.69) is 35.4 Å². The lowest BCUT2D eigenvalue weighted by Crippen LogP contribution is -2.35. The molecule has 0 radical (unpaired) electrons. The molecule has 2 rings (SSSR count). The van der Waals surface area contributed by atoms with Crippen molar-refractivity contribution in [2.45, 2.75) is 32.2 Å². The highest BCUT2D eigenvalue weighted by atomic mass is 35.5. The molecule has 3 nitrogen and oxygen atoms in total. The summed E-state index contributed by atoms with van der Waals surface area (Å²) in [6, 6.07) is 8.12. The van der Waals surface area contributed by atoms with Crippen LogP contribution in [-0.2, 0) is 0 Å². The minimum atomic E-state index is -0.0411. The second kappa shape index (κ2) is 5.53. The average molecular weight is 264 g/mol. The molecule has 2 aromatic rings. The van der Waals surface area contributed by atoms with Crippen LogP contribution in [0, 0.1) is 0 Å². The fourth-order valence-electron chi connectivity index (χ4n) is 1.94. The van der Waals surface area contributed by atoms with Gasteiger partial charge in [0.05, 0.1) is 6.20 Å². The van der Waals surface area contributed by atoms with E-state index in [-0.39, 0.29) is 5.54 Å². The summed E-state index contributed by atoms with van der Waals surface area (Å²) in [5.74, 6) is 1.47. The molecule has 0 saturated carbocycles. The standard InChI is InChI=1S/C14H18ClN3/c1-3-14(2,8-9-15)17-13-12-7-5-4-6-11(12)10-16-18-13/h4-7,10H,3,8-9H2,1-2H3,(H,17,18). The molecule has 0 amide bonds. The molecular formula is C14H18ClN3. The Morgan fingerprint density at radius 1 is 1.33 bits per heavy atom. The Labute approximate surface area is 113 Å². The van der Waals surface area contributed by atoms with Crippen molar-refractivity contribution in [3.8, 4) is 0 Å². The predicted molar refractivity (Wildman–Crippen MR) is 77.2 cm³/mol. The molecule has 0 bridgehead atoms. The number of alkyl halides is 1. The third-order valence-corrected chi connectivity index (χ3v) is 3.61. The van der Waals surface area contributed by atoms with Crippen molar-refractivity contribution in [1.82, 2.24) is 10.2 Å². The lowest BCUT2D eigenvalue weighted by Gasteiger charge is -2.29. The largest absolute Gasteiger partial charge is 0.363 e. The maximum atomic E-state index is 5.87. The third kappa shape index (κ3) is 2.72. The smallest absolute Gasteiger partial charge is 0.156 e. The Kier molecular flexibility index (Phi) is 4.02. The summed E-state index contributed by atoms with van der Waals surface area (Å²) in [4.78, 5) is 0. The monoisotopic (exact) mass is 263 g/mol. The number of hydrogen-bond acceptors (Lipinski definition) is 3. The number of rotatable bonds is 5. The van der Waals surface area contributed by atoms with Crippen LogP contribution in [0.4, 0.5) is 5.82 Å². The summed E-state index contributed by atoms with van der Waals surface area (Å²) in [5, 5.41) is 14.0. The summed E-state index contributed by atoms with van der Waals surface area (Å²) in [5.41, 5.74) is -0.0411. The molecule has 1 atom stereocenters. The Bertz CT molecular complexity index is 524. The summed E-state index contributed by atoms with van der Waals surface area (Å²) in [7, 11) is 0. The van der Waals surface area contributed by atoms with Crippen molar-refractivity contribution < 1.29 is 0 Å². The number of aromatic nitrogens is 2. The molecule has 1 aromatic carbocycles. The van der Waals surface area contributed by atoms with Gasteiger partial charge < -0.3 is 5.32 Å². The molecule has 0 aliphatic heterocycles. The molecule has 1 heterocycles. The first kappa shape index (κ1) is 13.1. The van der Waals surface area contributed by atoms with E-state index in [1.54, 1.807) is 6.20 Å². The van der Waals surface area contributed by atoms with Gasteiger partial charge in [-0.15, -0.1) is 16.7 Å². The van der Waals surface area contributed by atoms with Crippen LogP contribution in [0.1, 0.15) is 26.7 Å². The zero-order valence-electron chi connectivity index (χ0n) is 10.8. The van der Waals surface area contributed by atoms with Crippen LogP contribution in [0.3, 0.4) is 0 Å². The molecule has 0 fully saturated rings. The van der Waals surface area contributed by atoms with E-state index in [1.807, 2.05) is 18.2 Å². The number of nitrogens with zero attached hydrogens (tertiary/aromatic N) is 2. The molecule has 96 valence electrons. The summed E-state index contributed by atoms with van der Waals surface area (Å²) >= 11 is 5.87. The highest BCUT2D eigenvalue weighted by molar-refractivity contribution is 6.17. The van der Waals surface area contributed by atoms with Gasteiger partial charge in [0.1, 0.15) is 0 Å². The number of nitrogens with one attached hydrogen (secondary N) is 1. The van der Waals surface area contributed by atoms with Gasteiger partial charge in [-0.25, -0.2) is 0 Å². The number of benzene rings is 1. The first-order valence-corrected chi connectivity index (χ1v) is 6.76. The van der Waals surface area contributed by atoms with Gasteiger partial charge in [-0.1, -0.05) is 31.2 Å². The molecule has 1 aromatic heterocycles. The molecule has 18 heavy (non-hydrogen) atoms. The van der Waals surface area contributed by atoms with Crippen molar-refractivity contribution >= 4 is 28.2 Å². The summed E-state index contributed by atoms with van der Waals surface area (Å²) < 4.78 is 0. The first-order chi connectivity index (χ1) is 8.68. The maximum Gasteiger partial charge on any atom is 0.156 e. The van der Waals surface area contributed by atoms with Crippen molar-refractivity contribution in [2.24, 2.45) is 0 Å². The van der Waals surface area contributed by atoms with E-state index in [4.69, 9.17) is 11.6 Å². The molecule has 4 heteroatoms. The van der Waals surface area contributed by atoms with Crippen LogP contribution >= 0.6 is 11.6 Å². The van der Waals surface area contributed by atoms with Crippen molar-refractivity contribution in [3.05, 3.63) is 30.5 Å². The predicted octanol–water partition coefficient (Wildman–Crippen LogP) is 3.84. The van der Waals surface area contributed by atoms with E-state index in [1.165, 1.54) is 0 Å². The van der Waals surface area contributed by atoms with Crippen LogP contribution in [0.25, 0.3) is 10.8 Å². The van der Waals surface area contributed by atoms with E-state index in [9.17, 15) is 0 Å². The van der Waals surface area contributed by atoms with E-state index < -0.39 is 0 Å². The molecule has 0 aliphatic rings. The minimum absolute atomic E-state index is 0.0411. The minimum Gasteiger partial charge on any atom is -0.363 e. The molecule has 0 saturated heterocycles. The van der Waals surface area contributed by atoms with Gasteiger partial charge in [-0.05, 0) is 19.8 Å². The highest BCUT2D eigenvalue weighted by Gasteiger charge is 2.22. The number of fused-ring (bicyclic) bond motifs is 1.